The second-order valence-corrected chi connectivity index (χ2v) is 3.68. The van der Waals surface area contributed by atoms with Gasteiger partial charge in [0.15, 0.2) is 0 Å². The first-order valence-corrected chi connectivity index (χ1v) is 4.64. The fourth-order valence-corrected chi connectivity index (χ4v) is 1.68. The smallest absolute Gasteiger partial charge is 0.262 e. The van der Waals surface area contributed by atoms with Crippen LogP contribution in [-0.2, 0) is 0 Å². The highest BCUT2D eigenvalue weighted by molar-refractivity contribution is 5.71. The maximum atomic E-state index is 11.0. The van der Waals surface area contributed by atoms with E-state index in [-0.39, 0.29) is 10.8 Å². The van der Waals surface area contributed by atoms with Crippen LogP contribution in [0.1, 0.15) is 18.4 Å². The fourth-order valence-electron chi connectivity index (χ4n) is 1.68. The lowest BCUT2D eigenvalue weighted by Crippen LogP contribution is -2.48. The molecule has 15 heavy (non-hydrogen) atoms. The van der Waals surface area contributed by atoms with Crippen LogP contribution in [0.3, 0.4) is 0 Å². The molecule has 2 atom stereocenters. The number of hydrogen-bond acceptors (Lipinski definition) is 4. The number of nitro groups is 1. The maximum absolute atomic E-state index is 11.0. The number of nitrogens with zero attached hydrogens (tertiary/aromatic N) is 2. The van der Waals surface area contributed by atoms with Crippen LogP contribution in [0.25, 0.3) is 0 Å². The first kappa shape index (κ1) is 9.64. The van der Waals surface area contributed by atoms with Crippen LogP contribution in [0.15, 0.2) is 35.4 Å². The summed E-state index contributed by atoms with van der Waals surface area (Å²) in [4.78, 5) is 10.6. The average molecular weight is 205 g/mol. The zero-order valence-electron chi connectivity index (χ0n) is 8.25. The van der Waals surface area contributed by atoms with Crippen LogP contribution in [0, 0.1) is 10.1 Å². The minimum absolute atomic E-state index is 0.325. The largest absolute Gasteiger partial charge is 0.316 e. The Kier molecular flexibility index (Phi) is 2.15. The van der Waals surface area contributed by atoms with E-state index in [0.717, 1.165) is 5.56 Å². The molecule has 5 nitrogen and oxygen atoms in total. The normalized spacial score (nSPS) is 28.7. The zero-order valence-corrected chi connectivity index (χ0v) is 8.25. The van der Waals surface area contributed by atoms with Crippen molar-refractivity contribution in [3.63, 3.8) is 0 Å². The van der Waals surface area contributed by atoms with E-state index in [2.05, 4.69) is 10.5 Å². The standard InChI is InChI=1S/C10H11N3O2/c1-10(13(14)15)9(7-11-12-10)8-5-3-2-4-6-8/h2-7,9,12H,1H3. The average Bonchev–Trinajstić information content (AvgIpc) is 2.63. The number of nitrogens with one attached hydrogen (secondary N) is 1. The Morgan fingerprint density at radius 3 is 2.73 bits per heavy atom. The van der Waals surface area contributed by atoms with E-state index >= 15 is 0 Å². The van der Waals surface area contributed by atoms with E-state index in [0.29, 0.717) is 0 Å². The van der Waals surface area contributed by atoms with Crippen molar-refractivity contribution in [2.45, 2.75) is 18.5 Å². The molecule has 0 spiro atoms. The van der Waals surface area contributed by atoms with Gasteiger partial charge in [-0.2, -0.15) is 5.10 Å². The Morgan fingerprint density at radius 1 is 1.47 bits per heavy atom. The highest BCUT2D eigenvalue weighted by Crippen LogP contribution is 2.30. The quantitative estimate of drug-likeness (QED) is 0.585. The molecule has 0 radical (unpaired) electrons. The summed E-state index contributed by atoms with van der Waals surface area (Å²) >= 11 is 0. The number of hydrazone groups is 1. The minimum Gasteiger partial charge on any atom is -0.262 e. The molecule has 5 heteroatoms. The van der Waals surface area contributed by atoms with Crippen molar-refractivity contribution in [2.75, 3.05) is 0 Å². The van der Waals surface area contributed by atoms with Gasteiger partial charge in [0.05, 0.1) is 4.92 Å². The van der Waals surface area contributed by atoms with Crippen LogP contribution >= 0.6 is 0 Å². The van der Waals surface area contributed by atoms with Gasteiger partial charge in [-0.15, -0.1) is 0 Å². The van der Waals surface area contributed by atoms with Gasteiger partial charge in [0.2, 0.25) is 0 Å². The van der Waals surface area contributed by atoms with Crippen molar-refractivity contribution < 1.29 is 4.92 Å². The van der Waals surface area contributed by atoms with Gasteiger partial charge in [-0.05, 0) is 5.56 Å². The molecular weight excluding hydrogens is 194 g/mol. The number of rotatable bonds is 2. The number of benzene rings is 1. The van der Waals surface area contributed by atoms with Gasteiger partial charge < -0.3 is 0 Å². The third kappa shape index (κ3) is 1.45. The van der Waals surface area contributed by atoms with Crippen LogP contribution < -0.4 is 5.43 Å². The van der Waals surface area contributed by atoms with E-state index in [1.165, 1.54) is 6.92 Å². The highest BCUT2D eigenvalue weighted by atomic mass is 16.6. The summed E-state index contributed by atoms with van der Waals surface area (Å²) in [5.41, 5.74) is 2.21. The van der Waals surface area contributed by atoms with Crippen molar-refractivity contribution >= 4 is 6.21 Å². The van der Waals surface area contributed by atoms with Crippen LogP contribution in [-0.4, -0.2) is 16.8 Å². The fraction of sp³-hybridized carbons (Fsp3) is 0.300. The molecule has 0 aromatic heterocycles. The lowest BCUT2D eigenvalue weighted by Gasteiger charge is -2.21. The third-order valence-corrected chi connectivity index (χ3v) is 2.66. The topological polar surface area (TPSA) is 67.5 Å². The van der Waals surface area contributed by atoms with Gasteiger partial charge in [0, 0.05) is 13.1 Å². The predicted octanol–water partition coefficient (Wildman–Crippen LogP) is 1.35. The summed E-state index contributed by atoms with van der Waals surface area (Å²) in [7, 11) is 0. The Bertz CT molecular complexity index is 404. The van der Waals surface area contributed by atoms with Gasteiger partial charge in [-0.25, -0.2) is 5.43 Å². The molecular formula is C10H11N3O2. The predicted molar refractivity (Wildman–Crippen MR) is 56.2 cm³/mol. The van der Waals surface area contributed by atoms with Crippen LogP contribution in [0.5, 0.6) is 0 Å². The molecule has 2 rings (SSSR count). The molecule has 0 aliphatic carbocycles. The molecule has 1 N–H and O–H groups in total. The molecule has 2 unspecified atom stereocenters. The molecule has 0 amide bonds. The van der Waals surface area contributed by atoms with Crippen molar-refractivity contribution in [2.24, 2.45) is 5.10 Å². The molecule has 0 bridgehead atoms. The van der Waals surface area contributed by atoms with Crippen molar-refractivity contribution in [1.29, 1.82) is 0 Å². The highest BCUT2D eigenvalue weighted by Gasteiger charge is 2.49. The second kappa shape index (κ2) is 3.34. The maximum Gasteiger partial charge on any atom is 0.316 e. The Morgan fingerprint density at radius 2 is 2.13 bits per heavy atom. The first-order chi connectivity index (χ1) is 7.14. The number of hydrogen-bond donors (Lipinski definition) is 1. The molecule has 78 valence electrons. The van der Waals surface area contributed by atoms with Gasteiger partial charge in [-0.1, -0.05) is 30.3 Å². The Balaban J connectivity index is 2.37. The van der Waals surface area contributed by atoms with Crippen LogP contribution in [0.2, 0.25) is 0 Å². The van der Waals surface area contributed by atoms with E-state index in [4.69, 9.17) is 0 Å². The molecule has 1 aromatic carbocycles. The van der Waals surface area contributed by atoms with Crippen molar-refractivity contribution in [3.8, 4) is 0 Å². The van der Waals surface area contributed by atoms with E-state index in [9.17, 15) is 10.1 Å². The SMILES string of the molecule is CC1([N+](=O)[O-])NN=CC1c1ccccc1. The summed E-state index contributed by atoms with van der Waals surface area (Å²) < 4.78 is 0. The monoisotopic (exact) mass is 205 g/mol. The van der Waals surface area contributed by atoms with Gasteiger partial charge >= 0.3 is 5.66 Å². The molecule has 0 saturated heterocycles. The minimum atomic E-state index is -1.23. The lowest BCUT2D eigenvalue weighted by molar-refractivity contribution is -0.573. The molecule has 0 saturated carbocycles. The summed E-state index contributed by atoms with van der Waals surface area (Å²) in [5, 5.41) is 14.8. The first-order valence-electron chi connectivity index (χ1n) is 4.64. The van der Waals surface area contributed by atoms with Crippen LogP contribution in [0.4, 0.5) is 0 Å². The van der Waals surface area contributed by atoms with E-state index in [1.54, 1.807) is 6.21 Å². The lowest BCUT2D eigenvalue weighted by atomic mass is 9.90. The molecule has 1 aliphatic rings. The zero-order chi connectivity index (χ0) is 10.9. The van der Waals surface area contributed by atoms with Crippen molar-refractivity contribution in [1.82, 2.24) is 5.43 Å². The van der Waals surface area contributed by atoms with Gasteiger partial charge in [0.25, 0.3) is 0 Å². The molecule has 1 aliphatic heterocycles. The summed E-state index contributed by atoms with van der Waals surface area (Å²) in [6, 6.07) is 9.34. The summed E-state index contributed by atoms with van der Waals surface area (Å²) in [6.07, 6.45) is 1.58. The van der Waals surface area contributed by atoms with E-state index in [1.807, 2.05) is 30.3 Å². The third-order valence-electron chi connectivity index (χ3n) is 2.66. The Labute approximate surface area is 87.0 Å². The Hall–Kier alpha value is -1.91. The second-order valence-electron chi connectivity index (χ2n) is 3.68. The molecule has 1 aromatic rings. The molecule has 0 fully saturated rings. The van der Waals surface area contributed by atoms with Crippen molar-refractivity contribution in [3.05, 3.63) is 46.0 Å². The molecule has 1 heterocycles. The van der Waals surface area contributed by atoms with Gasteiger partial charge in [0.1, 0.15) is 5.92 Å². The summed E-state index contributed by atoms with van der Waals surface area (Å²) in [5.74, 6) is -0.325. The van der Waals surface area contributed by atoms with E-state index < -0.39 is 5.66 Å². The van der Waals surface area contributed by atoms with Gasteiger partial charge in [-0.3, -0.25) is 10.1 Å². The summed E-state index contributed by atoms with van der Waals surface area (Å²) in [6.45, 7) is 1.54.